The highest BCUT2D eigenvalue weighted by atomic mass is 32.2. The van der Waals surface area contributed by atoms with E-state index in [0.29, 0.717) is 6.61 Å². The van der Waals surface area contributed by atoms with Gasteiger partial charge in [-0.25, -0.2) is 0 Å². The van der Waals surface area contributed by atoms with Crippen LogP contribution in [0.3, 0.4) is 0 Å². The van der Waals surface area contributed by atoms with Gasteiger partial charge in [0.05, 0.1) is 12.6 Å². The Morgan fingerprint density at radius 2 is 2.45 bits per heavy atom. The number of hydrogen-bond acceptors (Lipinski definition) is 3. The molecule has 0 aromatic rings. The van der Waals surface area contributed by atoms with Gasteiger partial charge in [0.2, 0.25) is 5.91 Å². The van der Waals surface area contributed by atoms with E-state index in [4.69, 9.17) is 4.74 Å². The summed E-state index contributed by atoms with van der Waals surface area (Å²) >= 11 is 1.73. The number of nitrogens with one attached hydrogen (secondary N) is 1. The van der Waals surface area contributed by atoms with Crippen molar-refractivity contribution in [2.24, 2.45) is 0 Å². The molecule has 1 rings (SSSR count). The van der Waals surface area contributed by atoms with Crippen molar-refractivity contribution in [2.45, 2.75) is 25.3 Å². The van der Waals surface area contributed by atoms with E-state index >= 15 is 0 Å². The topological polar surface area (TPSA) is 38.3 Å². The Labute approximate surface area is 70.9 Å². The van der Waals surface area contributed by atoms with E-state index in [-0.39, 0.29) is 17.4 Å². The van der Waals surface area contributed by atoms with Crippen LogP contribution in [0, 0.1) is 0 Å². The fourth-order valence-electron chi connectivity index (χ4n) is 0.970. The van der Waals surface area contributed by atoms with Gasteiger partial charge >= 0.3 is 0 Å². The smallest absolute Gasteiger partial charge is 0.217 e. The normalized spacial score (nSPS) is 31.5. The Morgan fingerprint density at radius 3 is 2.91 bits per heavy atom. The summed E-state index contributed by atoms with van der Waals surface area (Å²) in [4.78, 5) is 10.6. The van der Waals surface area contributed by atoms with Gasteiger partial charge in [-0.15, -0.1) is 11.8 Å². The van der Waals surface area contributed by atoms with Gasteiger partial charge in [0.25, 0.3) is 0 Å². The van der Waals surface area contributed by atoms with Crippen LogP contribution in [-0.4, -0.2) is 29.7 Å². The van der Waals surface area contributed by atoms with Crippen LogP contribution in [0.2, 0.25) is 0 Å². The third kappa shape index (κ3) is 3.12. The Bertz CT molecular complexity index is 143. The zero-order valence-electron chi connectivity index (χ0n) is 6.79. The predicted molar refractivity (Wildman–Crippen MR) is 45.5 cm³/mol. The predicted octanol–water partition coefficient (Wildman–Crippen LogP) is 0.600. The minimum Gasteiger partial charge on any atom is -0.366 e. The SMILES string of the molecule is CC(=O)NC1COC(C)SC1. The molecule has 11 heavy (non-hydrogen) atoms. The van der Waals surface area contributed by atoms with Crippen molar-refractivity contribution in [1.82, 2.24) is 5.32 Å². The van der Waals surface area contributed by atoms with Crippen LogP contribution in [-0.2, 0) is 9.53 Å². The zero-order chi connectivity index (χ0) is 8.27. The summed E-state index contributed by atoms with van der Waals surface area (Å²) < 4.78 is 5.34. The number of ether oxygens (including phenoxy) is 1. The summed E-state index contributed by atoms with van der Waals surface area (Å²) in [6.07, 6.45) is 0. The van der Waals surface area contributed by atoms with E-state index < -0.39 is 0 Å². The lowest BCUT2D eigenvalue weighted by atomic mass is 10.3. The fourth-order valence-corrected chi connectivity index (χ4v) is 1.83. The molecule has 1 amide bonds. The molecule has 0 spiro atoms. The van der Waals surface area contributed by atoms with Crippen LogP contribution in [0.1, 0.15) is 13.8 Å². The molecule has 0 bridgehead atoms. The molecule has 1 saturated heterocycles. The lowest BCUT2D eigenvalue weighted by Crippen LogP contribution is -2.42. The van der Waals surface area contributed by atoms with Gasteiger partial charge < -0.3 is 10.1 Å². The van der Waals surface area contributed by atoms with Crippen molar-refractivity contribution in [1.29, 1.82) is 0 Å². The molecule has 1 aliphatic heterocycles. The molecule has 0 radical (unpaired) electrons. The standard InChI is InChI=1S/C7H13NO2S/c1-5(9)8-7-3-10-6(2)11-4-7/h6-7H,3-4H2,1-2H3,(H,8,9). The van der Waals surface area contributed by atoms with Crippen LogP contribution >= 0.6 is 11.8 Å². The lowest BCUT2D eigenvalue weighted by Gasteiger charge is -2.26. The highest BCUT2D eigenvalue weighted by molar-refractivity contribution is 7.99. The highest BCUT2D eigenvalue weighted by Gasteiger charge is 2.18. The van der Waals surface area contributed by atoms with Crippen LogP contribution in [0.15, 0.2) is 0 Å². The first kappa shape index (κ1) is 8.87. The molecule has 3 nitrogen and oxygen atoms in total. The zero-order valence-corrected chi connectivity index (χ0v) is 7.61. The van der Waals surface area contributed by atoms with E-state index in [2.05, 4.69) is 5.32 Å². The average molecular weight is 175 g/mol. The molecule has 1 aliphatic rings. The minimum absolute atomic E-state index is 0.0220. The largest absolute Gasteiger partial charge is 0.366 e. The first-order valence-electron chi connectivity index (χ1n) is 3.69. The maximum absolute atomic E-state index is 10.6. The number of thioether (sulfide) groups is 1. The number of amides is 1. The molecule has 1 fully saturated rings. The van der Waals surface area contributed by atoms with Gasteiger partial charge in [-0.3, -0.25) is 4.79 Å². The Morgan fingerprint density at radius 1 is 1.73 bits per heavy atom. The number of carbonyl (C=O) groups is 1. The van der Waals surface area contributed by atoms with E-state index in [1.54, 1.807) is 11.8 Å². The first-order chi connectivity index (χ1) is 5.18. The van der Waals surface area contributed by atoms with Gasteiger partial charge in [0.1, 0.15) is 5.44 Å². The molecular weight excluding hydrogens is 162 g/mol. The van der Waals surface area contributed by atoms with E-state index in [1.165, 1.54) is 6.92 Å². The summed E-state index contributed by atoms with van der Waals surface area (Å²) in [7, 11) is 0. The van der Waals surface area contributed by atoms with Crippen molar-refractivity contribution < 1.29 is 9.53 Å². The molecule has 64 valence electrons. The Hall–Kier alpha value is -0.220. The van der Waals surface area contributed by atoms with Crippen LogP contribution < -0.4 is 5.32 Å². The van der Waals surface area contributed by atoms with Crippen molar-refractivity contribution >= 4 is 17.7 Å². The van der Waals surface area contributed by atoms with Crippen molar-refractivity contribution in [3.8, 4) is 0 Å². The van der Waals surface area contributed by atoms with Crippen LogP contribution in [0.25, 0.3) is 0 Å². The maximum Gasteiger partial charge on any atom is 0.217 e. The van der Waals surface area contributed by atoms with Crippen LogP contribution in [0.4, 0.5) is 0 Å². The third-order valence-corrected chi connectivity index (χ3v) is 2.67. The fraction of sp³-hybridized carbons (Fsp3) is 0.857. The Kier molecular flexibility index (Phi) is 3.20. The lowest BCUT2D eigenvalue weighted by molar-refractivity contribution is -0.120. The van der Waals surface area contributed by atoms with Crippen molar-refractivity contribution in [3.63, 3.8) is 0 Å². The molecule has 1 N–H and O–H groups in total. The summed E-state index contributed by atoms with van der Waals surface area (Å²) in [5, 5.41) is 2.82. The van der Waals surface area contributed by atoms with E-state index in [9.17, 15) is 4.79 Å². The van der Waals surface area contributed by atoms with Gasteiger partial charge in [0.15, 0.2) is 0 Å². The van der Waals surface area contributed by atoms with Gasteiger partial charge in [0, 0.05) is 12.7 Å². The number of hydrogen-bond donors (Lipinski definition) is 1. The van der Waals surface area contributed by atoms with Crippen molar-refractivity contribution in [3.05, 3.63) is 0 Å². The molecule has 0 aliphatic carbocycles. The van der Waals surface area contributed by atoms with E-state index in [0.717, 1.165) is 5.75 Å². The molecular formula is C7H13NO2S. The number of carbonyl (C=O) groups excluding carboxylic acids is 1. The molecule has 0 aromatic carbocycles. The van der Waals surface area contributed by atoms with Gasteiger partial charge in [-0.1, -0.05) is 0 Å². The second-order valence-electron chi connectivity index (χ2n) is 2.63. The second-order valence-corrected chi connectivity index (χ2v) is 3.96. The minimum atomic E-state index is 0.0220. The molecule has 0 saturated carbocycles. The summed E-state index contributed by atoms with van der Waals surface area (Å²) in [6, 6.07) is 0.202. The first-order valence-corrected chi connectivity index (χ1v) is 4.73. The van der Waals surface area contributed by atoms with Gasteiger partial charge in [-0.2, -0.15) is 0 Å². The molecule has 1 heterocycles. The highest BCUT2D eigenvalue weighted by Crippen LogP contribution is 2.18. The summed E-state index contributed by atoms with van der Waals surface area (Å²) in [5.74, 6) is 0.981. The third-order valence-electron chi connectivity index (χ3n) is 1.47. The summed E-state index contributed by atoms with van der Waals surface area (Å²) in [5.41, 5.74) is 0.278. The molecule has 2 atom stereocenters. The van der Waals surface area contributed by atoms with Gasteiger partial charge in [-0.05, 0) is 6.92 Å². The summed E-state index contributed by atoms with van der Waals surface area (Å²) in [6.45, 7) is 4.20. The number of rotatable bonds is 1. The van der Waals surface area contributed by atoms with E-state index in [1.807, 2.05) is 6.92 Å². The quantitative estimate of drug-likeness (QED) is 0.634. The molecule has 2 unspecified atom stereocenters. The molecule has 0 aromatic heterocycles. The van der Waals surface area contributed by atoms with Crippen LogP contribution in [0.5, 0.6) is 0 Å². The monoisotopic (exact) mass is 175 g/mol. The second kappa shape index (κ2) is 3.97. The Balaban J connectivity index is 2.22. The van der Waals surface area contributed by atoms with Crippen molar-refractivity contribution in [2.75, 3.05) is 12.4 Å². The molecule has 4 heteroatoms. The maximum atomic E-state index is 10.6. The average Bonchev–Trinajstić information content (AvgIpc) is 1.93.